The first kappa shape index (κ1) is 25.1. The highest BCUT2D eigenvalue weighted by molar-refractivity contribution is 9.10. The van der Waals surface area contributed by atoms with E-state index in [2.05, 4.69) is 21.2 Å². The summed E-state index contributed by atoms with van der Waals surface area (Å²) in [5.41, 5.74) is 1.95. The molecule has 0 atom stereocenters. The fourth-order valence-corrected chi connectivity index (χ4v) is 4.28. The normalized spacial score (nSPS) is 14.7. The van der Waals surface area contributed by atoms with Crippen molar-refractivity contribution in [1.29, 1.82) is 0 Å². The summed E-state index contributed by atoms with van der Waals surface area (Å²) in [6.07, 6.45) is 1.32. The molecule has 0 saturated carbocycles. The van der Waals surface area contributed by atoms with Gasteiger partial charge in [-0.3, -0.25) is 14.9 Å². The molecule has 0 spiro atoms. The van der Waals surface area contributed by atoms with E-state index in [-0.39, 0.29) is 11.3 Å². The number of carbonyl (C=O) groups is 3. The number of para-hydroxylation sites is 1. The molecule has 0 aliphatic carbocycles. The van der Waals surface area contributed by atoms with Crippen molar-refractivity contribution in [2.75, 3.05) is 11.5 Å². The second-order valence-electron chi connectivity index (χ2n) is 7.95. The van der Waals surface area contributed by atoms with Gasteiger partial charge in [-0.1, -0.05) is 42.0 Å². The Kier molecular flexibility index (Phi) is 7.49. The lowest BCUT2D eigenvalue weighted by Gasteiger charge is -2.26. The first-order chi connectivity index (χ1) is 17.3. The van der Waals surface area contributed by atoms with E-state index in [1.165, 1.54) is 24.3 Å². The summed E-state index contributed by atoms with van der Waals surface area (Å²) in [4.78, 5) is 38.6. The molecule has 0 unspecified atom stereocenters. The largest absolute Gasteiger partial charge is 0.490 e. The zero-order valence-electron chi connectivity index (χ0n) is 19.5. The molecule has 1 fully saturated rings. The molecule has 1 aliphatic heterocycles. The molecule has 3 aromatic carbocycles. The molecule has 1 saturated heterocycles. The van der Waals surface area contributed by atoms with Gasteiger partial charge in [0.15, 0.2) is 11.5 Å². The van der Waals surface area contributed by atoms with Gasteiger partial charge in [-0.25, -0.2) is 14.1 Å². The van der Waals surface area contributed by atoms with Crippen LogP contribution in [0.5, 0.6) is 11.5 Å². The van der Waals surface area contributed by atoms with E-state index in [0.29, 0.717) is 39.6 Å². The topological polar surface area (TPSA) is 84.9 Å². The summed E-state index contributed by atoms with van der Waals surface area (Å²) in [7, 11) is 0. The van der Waals surface area contributed by atoms with Gasteiger partial charge in [0.05, 0.1) is 16.8 Å². The van der Waals surface area contributed by atoms with Crippen molar-refractivity contribution in [3.63, 3.8) is 0 Å². The summed E-state index contributed by atoms with van der Waals surface area (Å²) in [5, 5.41) is 2.09. The number of amides is 4. The Morgan fingerprint density at radius 2 is 1.81 bits per heavy atom. The number of anilines is 1. The van der Waals surface area contributed by atoms with E-state index in [9.17, 15) is 18.8 Å². The summed E-state index contributed by atoms with van der Waals surface area (Å²) in [6.45, 7) is 4.47. The van der Waals surface area contributed by atoms with E-state index in [4.69, 9.17) is 9.47 Å². The zero-order valence-corrected chi connectivity index (χ0v) is 21.1. The quantitative estimate of drug-likeness (QED) is 0.307. The Bertz CT molecular complexity index is 1390. The third-order valence-corrected chi connectivity index (χ3v) is 5.89. The number of aryl methyl sites for hydroxylation is 1. The zero-order chi connectivity index (χ0) is 25.8. The van der Waals surface area contributed by atoms with Crippen molar-refractivity contribution in [2.45, 2.75) is 20.5 Å². The minimum atomic E-state index is -1.02. The summed E-state index contributed by atoms with van der Waals surface area (Å²) in [5.74, 6) is -1.74. The first-order valence-electron chi connectivity index (χ1n) is 11.1. The Morgan fingerprint density at radius 1 is 1.03 bits per heavy atom. The fourth-order valence-electron chi connectivity index (χ4n) is 3.71. The smallest absolute Gasteiger partial charge is 0.336 e. The van der Waals surface area contributed by atoms with Crippen LogP contribution in [0.3, 0.4) is 0 Å². The number of nitrogens with one attached hydrogen (secondary N) is 1. The molecule has 9 heteroatoms. The summed E-state index contributed by atoms with van der Waals surface area (Å²) >= 11 is 3.48. The fraction of sp³-hybridized carbons (Fsp3) is 0.148. The maximum absolute atomic E-state index is 14.3. The van der Waals surface area contributed by atoms with E-state index in [1.807, 2.05) is 38.1 Å². The van der Waals surface area contributed by atoms with Crippen LogP contribution in [0.1, 0.15) is 23.6 Å². The molecule has 36 heavy (non-hydrogen) atoms. The maximum Gasteiger partial charge on any atom is 0.336 e. The molecule has 1 aliphatic rings. The van der Waals surface area contributed by atoms with Crippen LogP contribution in [0.15, 0.2) is 70.7 Å². The molecular weight excluding hydrogens is 531 g/mol. The highest BCUT2D eigenvalue weighted by atomic mass is 79.9. The van der Waals surface area contributed by atoms with Gasteiger partial charge in [0.25, 0.3) is 11.8 Å². The number of imide groups is 2. The van der Waals surface area contributed by atoms with E-state index in [0.717, 1.165) is 17.2 Å². The number of carbonyl (C=O) groups excluding carboxylic acids is 3. The Morgan fingerprint density at radius 3 is 2.53 bits per heavy atom. The van der Waals surface area contributed by atoms with Crippen molar-refractivity contribution in [1.82, 2.24) is 5.32 Å². The number of barbiturate groups is 1. The van der Waals surface area contributed by atoms with Gasteiger partial charge in [0.1, 0.15) is 18.0 Å². The third kappa shape index (κ3) is 5.31. The molecule has 1 heterocycles. The average molecular weight is 553 g/mol. The standard InChI is InChI=1S/C27H22BrFN2O5/c1-3-35-23-14-18(13-20(28)24(23)36-15-17-8-6-7-16(2)11-17)12-19-25(32)30-27(34)31(26(19)33)22-10-5-4-9-21(22)29/h4-14H,3,15H2,1-2H3,(H,30,32,34)/b19-12-. The van der Waals surface area contributed by atoms with E-state index >= 15 is 0 Å². The molecule has 184 valence electrons. The Labute approximate surface area is 215 Å². The second kappa shape index (κ2) is 10.7. The number of hydrogen-bond donors (Lipinski definition) is 1. The minimum Gasteiger partial charge on any atom is -0.490 e. The third-order valence-electron chi connectivity index (χ3n) is 5.30. The highest BCUT2D eigenvalue weighted by Gasteiger charge is 2.38. The van der Waals surface area contributed by atoms with Gasteiger partial charge in [-0.15, -0.1) is 0 Å². The SMILES string of the molecule is CCOc1cc(/C=C2/C(=O)NC(=O)N(c3ccccc3F)C2=O)cc(Br)c1OCc1cccc(C)c1. The number of urea groups is 1. The van der Waals surface area contributed by atoms with Gasteiger partial charge >= 0.3 is 6.03 Å². The van der Waals surface area contributed by atoms with Crippen molar-refractivity contribution in [2.24, 2.45) is 0 Å². The molecule has 4 amide bonds. The van der Waals surface area contributed by atoms with Gasteiger partial charge in [-0.05, 0) is 71.2 Å². The van der Waals surface area contributed by atoms with Gasteiger partial charge in [-0.2, -0.15) is 0 Å². The number of benzene rings is 3. The van der Waals surface area contributed by atoms with Crippen LogP contribution in [0.4, 0.5) is 14.9 Å². The maximum atomic E-state index is 14.3. The highest BCUT2D eigenvalue weighted by Crippen LogP contribution is 2.38. The van der Waals surface area contributed by atoms with Crippen molar-refractivity contribution < 1.29 is 28.2 Å². The molecular formula is C27H22BrFN2O5. The second-order valence-corrected chi connectivity index (χ2v) is 8.80. The summed E-state index contributed by atoms with van der Waals surface area (Å²) < 4.78 is 26.6. The van der Waals surface area contributed by atoms with Crippen LogP contribution in [0, 0.1) is 12.7 Å². The van der Waals surface area contributed by atoms with Crippen LogP contribution >= 0.6 is 15.9 Å². The van der Waals surface area contributed by atoms with Gasteiger partial charge in [0, 0.05) is 0 Å². The lowest BCUT2D eigenvalue weighted by molar-refractivity contribution is -0.122. The van der Waals surface area contributed by atoms with Crippen LogP contribution in [0.25, 0.3) is 6.08 Å². The van der Waals surface area contributed by atoms with Crippen molar-refractivity contribution in [3.05, 3.63) is 93.2 Å². The molecule has 0 radical (unpaired) electrons. The lowest BCUT2D eigenvalue weighted by Crippen LogP contribution is -2.54. The predicted molar refractivity (Wildman–Crippen MR) is 136 cm³/mol. The van der Waals surface area contributed by atoms with E-state index in [1.54, 1.807) is 12.1 Å². The van der Waals surface area contributed by atoms with Crippen LogP contribution < -0.4 is 19.7 Å². The number of halogens is 2. The number of rotatable bonds is 7. The van der Waals surface area contributed by atoms with Crippen molar-refractivity contribution in [3.8, 4) is 11.5 Å². The van der Waals surface area contributed by atoms with E-state index < -0.39 is 23.7 Å². The predicted octanol–water partition coefficient (Wildman–Crippen LogP) is 5.54. The van der Waals surface area contributed by atoms with Crippen LogP contribution in [-0.4, -0.2) is 24.5 Å². The molecule has 3 aromatic rings. The molecule has 0 aromatic heterocycles. The molecule has 0 bridgehead atoms. The first-order valence-corrected chi connectivity index (χ1v) is 11.9. The molecule has 4 rings (SSSR count). The average Bonchev–Trinajstić information content (AvgIpc) is 2.82. The summed E-state index contributed by atoms with van der Waals surface area (Å²) in [6, 6.07) is 15.5. The molecule has 1 N–H and O–H groups in total. The van der Waals surface area contributed by atoms with Gasteiger partial charge < -0.3 is 9.47 Å². The van der Waals surface area contributed by atoms with Crippen LogP contribution in [0.2, 0.25) is 0 Å². The number of ether oxygens (including phenoxy) is 2. The Balaban J connectivity index is 1.67. The van der Waals surface area contributed by atoms with Crippen LogP contribution in [-0.2, 0) is 16.2 Å². The Hall–Kier alpha value is -3.98. The minimum absolute atomic E-state index is 0.255. The van der Waals surface area contributed by atoms with Gasteiger partial charge in [0.2, 0.25) is 0 Å². The monoisotopic (exact) mass is 552 g/mol. The molecule has 7 nitrogen and oxygen atoms in total. The lowest BCUT2D eigenvalue weighted by atomic mass is 10.1. The number of hydrogen-bond acceptors (Lipinski definition) is 5. The number of nitrogens with zero attached hydrogens (tertiary/aromatic N) is 1. The van der Waals surface area contributed by atoms with Crippen molar-refractivity contribution >= 4 is 45.5 Å².